The average Bonchev–Trinajstić information content (AvgIpc) is 2.76. The minimum atomic E-state index is -0.239. The van der Waals surface area contributed by atoms with Gasteiger partial charge in [0, 0.05) is 10.7 Å². The van der Waals surface area contributed by atoms with E-state index in [0.29, 0.717) is 5.02 Å². The van der Waals surface area contributed by atoms with Gasteiger partial charge < -0.3 is 0 Å². The lowest BCUT2D eigenvalue weighted by Crippen LogP contribution is -2.03. The lowest BCUT2D eigenvalue weighted by atomic mass is 10.2. The molecule has 108 valence electrons. The van der Waals surface area contributed by atoms with Crippen molar-refractivity contribution in [2.45, 2.75) is 19.2 Å². The summed E-state index contributed by atoms with van der Waals surface area (Å²) in [6, 6.07) is 7.95. The Balaban J connectivity index is 2.36. The van der Waals surface area contributed by atoms with Gasteiger partial charge in [-0.15, -0.1) is 11.6 Å². The Morgan fingerprint density at radius 1 is 1.24 bits per heavy atom. The predicted octanol–water partition coefficient (Wildman–Crippen LogP) is 5.44. The first-order valence-electron chi connectivity index (χ1n) is 6.41. The zero-order chi connectivity index (χ0) is 15.1. The molecular weight excluding hydrogens is 373 g/mol. The minimum absolute atomic E-state index is 0.239. The number of nitrogens with zero attached hydrogens (tertiary/aromatic N) is 3. The number of aryl methyl sites for hydroxylation is 1. The maximum absolute atomic E-state index is 6.29. The Morgan fingerprint density at radius 3 is 2.67 bits per heavy atom. The predicted molar refractivity (Wildman–Crippen MR) is 90.6 cm³/mol. The van der Waals surface area contributed by atoms with Crippen LogP contribution in [0.25, 0.3) is 16.9 Å². The molecule has 1 atom stereocenters. The summed E-state index contributed by atoms with van der Waals surface area (Å²) in [5.41, 5.74) is 3.60. The maximum atomic E-state index is 6.29. The van der Waals surface area contributed by atoms with Crippen LogP contribution in [-0.4, -0.2) is 14.5 Å². The molecule has 21 heavy (non-hydrogen) atoms. The summed E-state index contributed by atoms with van der Waals surface area (Å²) in [6.07, 6.45) is 1.62. The number of benzene rings is 1. The molecule has 3 rings (SSSR count). The number of aromatic nitrogens is 3. The van der Waals surface area contributed by atoms with Gasteiger partial charge in [0.2, 0.25) is 0 Å². The molecule has 1 aromatic carbocycles. The number of fused-ring (bicyclic) bond motifs is 1. The second kappa shape index (κ2) is 5.59. The number of halogens is 3. The van der Waals surface area contributed by atoms with Crippen LogP contribution in [0.5, 0.6) is 0 Å². The summed E-state index contributed by atoms with van der Waals surface area (Å²) in [7, 11) is 0. The van der Waals surface area contributed by atoms with Crippen molar-refractivity contribution < 1.29 is 0 Å². The lowest BCUT2D eigenvalue weighted by Gasteiger charge is -2.11. The molecule has 0 saturated heterocycles. The number of hydrogen-bond donors (Lipinski definition) is 0. The van der Waals surface area contributed by atoms with Crippen molar-refractivity contribution in [3.8, 4) is 5.69 Å². The van der Waals surface area contributed by atoms with Gasteiger partial charge in [-0.25, -0.2) is 9.97 Å². The summed E-state index contributed by atoms with van der Waals surface area (Å²) < 4.78 is 2.97. The normalized spacial score (nSPS) is 12.8. The summed E-state index contributed by atoms with van der Waals surface area (Å²) in [5.74, 6) is 0.749. The van der Waals surface area contributed by atoms with Crippen LogP contribution in [-0.2, 0) is 0 Å². The van der Waals surface area contributed by atoms with E-state index in [1.165, 1.54) is 0 Å². The van der Waals surface area contributed by atoms with Crippen molar-refractivity contribution in [1.82, 2.24) is 14.5 Å². The van der Waals surface area contributed by atoms with E-state index in [9.17, 15) is 0 Å². The van der Waals surface area contributed by atoms with E-state index in [4.69, 9.17) is 23.2 Å². The van der Waals surface area contributed by atoms with E-state index >= 15 is 0 Å². The van der Waals surface area contributed by atoms with E-state index in [1.807, 2.05) is 24.5 Å². The molecule has 0 amide bonds. The molecule has 2 heterocycles. The highest BCUT2D eigenvalue weighted by Crippen LogP contribution is 2.29. The number of pyridine rings is 1. The monoisotopic (exact) mass is 383 g/mol. The number of hydrogen-bond acceptors (Lipinski definition) is 2. The molecule has 0 aliphatic rings. The Bertz CT molecular complexity index is 807. The Kier molecular flexibility index (Phi) is 3.95. The van der Waals surface area contributed by atoms with Gasteiger partial charge in [-0.3, -0.25) is 4.57 Å². The molecule has 2 aromatic heterocycles. The zero-order valence-corrected chi connectivity index (χ0v) is 14.5. The molecule has 0 bridgehead atoms. The van der Waals surface area contributed by atoms with Crippen LogP contribution in [0.2, 0.25) is 5.02 Å². The van der Waals surface area contributed by atoms with Crippen molar-refractivity contribution in [2.24, 2.45) is 0 Å². The molecule has 0 aliphatic carbocycles. The van der Waals surface area contributed by atoms with E-state index in [0.717, 1.165) is 32.7 Å². The quantitative estimate of drug-likeness (QED) is 0.550. The van der Waals surface area contributed by atoms with Gasteiger partial charge in [0.15, 0.2) is 5.65 Å². The molecule has 0 fully saturated rings. The zero-order valence-electron chi connectivity index (χ0n) is 11.4. The highest BCUT2D eigenvalue weighted by molar-refractivity contribution is 9.10. The first-order valence-corrected chi connectivity index (χ1v) is 8.02. The Labute approximate surface area is 141 Å². The first-order chi connectivity index (χ1) is 9.95. The molecule has 0 aliphatic heterocycles. The van der Waals surface area contributed by atoms with Crippen molar-refractivity contribution in [3.05, 3.63) is 51.3 Å². The van der Waals surface area contributed by atoms with Crippen LogP contribution < -0.4 is 0 Å². The van der Waals surface area contributed by atoms with Gasteiger partial charge in [-0.2, -0.15) is 0 Å². The first kappa shape index (κ1) is 14.8. The third-order valence-corrected chi connectivity index (χ3v) is 3.99. The van der Waals surface area contributed by atoms with Crippen LogP contribution in [0, 0.1) is 6.92 Å². The second-order valence-corrected chi connectivity index (χ2v) is 6.91. The van der Waals surface area contributed by atoms with Crippen LogP contribution >= 0.6 is 39.1 Å². The second-order valence-electron chi connectivity index (χ2n) is 4.90. The van der Waals surface area contributed by atoms with Crippen molar-refractivity contribution in [1.29, 1.82) is 0 Å². The van der Waals surface area contributed by atoms with E-state index in [1.54, 1.807) is 12.3 Å². The topological polar surface area (TPSA) is 30.7 Å². The maximum Gasteiger partial charge on any atom is 0.164 e. The molecule has 3 nitrogen and oxygen atoms in total. The van der Waals surface area contributed by atoms with Crippen LogP contribution in [0.15, 0.2) is 34.9 Å². The molecule has 0 saturated carbocycles. The molecule has 3 aromatic rings. The largest absolute Gasteiger partial charge is 0.279 e. The fourth-order valence-electron chi connectivity index (χ4n) is 2.33. The number of imidazole rings is 1. The number of rotatable bonds is 2. The van der Waals surface area contributed by atoms with E-state index in [-0.39, 0.29) is 5.38 Å². The van der Waals surface area contributed by atoms with Crippen LogP contribution in [0.3, 0.4) is 0 Å². The third-order valence-electron chi connectivity index (χ3n) is 3.13. The molecule has 0 spiro atoms. The standard InChI is InChI=1S/C15H12BrCl2N3/c1-8-3-10(16)5-12(4-8)21-14(9(2)17)20-13-6-11(18)7-19-15(13)21/h3-7,9H,1-2H3. The summed E-state index contributed by atoms with van der Waals surface area (Å²) in [6.45, 7) is 3.94. The van der Waals surface area contributed by atoms with Gasteiger partial charge in [-0.05, 0) is 43.7 Å². The summed E-state index contributed by atoms with van der Waals surface area (Å²) >= 11 is 15.8. The van der Waals surface area contributed by atoms with E-state index in [2.05, 4.69) is 38.0 Å². The van der Waals surface area contributed by atoms with Crippen LogP contribution in [0.4, 0.5) is 0 Å². The van der Waals surface area contributed by atoms with E-state index < -0.39 is 0 Å². The minimum Gasteiger partial charge on any atom is -0.279 e. The fourth-order valence-corrected chi connectivity index (χ4v) is 3.22. The molecule has 6 heteroatoms. The SMILES string of the molecule is Cc1cc(Br)cc(-n2c(C(C)Cl)nc3cc(Cl)cnc32)c1. The van der Waals surface area contributed by atoms with Crippen LogP contribution in [0.1, 0.15) is 23.7 Å². The smallest absolute Gasteiger partial charge is 0.164 e. The van der Waals surface area contributed by atoms with Gasteiger partial charge >= 0.3 is 0 Å². The Morgan fingerprint density at radius 2 is 2.00 bits per heavy atom. The van der Waals surface area contributed by atoms with Gasteiger partial charge in [-0.1, -0.05) is 27.5 Å². The van der Waals surface area contributed by atoms with Gasteiger partial charge in [0.05, 0.1) is 16.1 Å². The molecule has 0 N–H and O–H groups in total. The summed E-state index contributed by atoms with van der Waals surface area (Å²) in [4.78, 5) is 8.99. The highest BCUT2D eigenvalue weighted by atomic mass is 79.9. The Hall–Kier alpha value is -1.10. The highest BCUT2D eigenvalue weighted by Gasteiger charge is 2.18. The van der Waals surface area contributed by atoms with Gasteiger partial charge in [0.1, 0.15) is 11.3 Å². The van der Waals surface area contributed by atoms with Crippen molar-refractivity contribution in [3.63, 3.8) is 0 Å². The number of alkyl halides is 1. The van der Waals surface area contributed by atoms with Crippen molar-refractivity contribution >= 4 is 50.3 Å². The lowest BCUT2D eigenvalue weighted by molar-refractivity contribution is 0.876. The van der Waals surface area contributed by atoms with Gasteiger partial charge in [0.25, 0.3) is 0 Å². The molecular formula is C15H12BrCl2N3. The van der Waals surface area contributed by atoms with Crippen molar-refractivity contribution in [2.75, 3.05) is 0 Å². The molecule has 1 unspecified atom stereocenters. The third kappa shape index (κ3) is 2.80. The fraction of sp³-hybridized carbons (Fsp3) is 0.200. The molecule has 0 radical (unpaired) electrons. The average molecular weight is 385 g/mol. The summed E-state index contributed by atoms with van der Waals surface area (Å²) in [5, 5.41) is 0.323.